The van der Waals surface area contributed by atoms with Crippen molar-refractivity contribution in [3.8, 4) is 6.07 Å². The molecule has 1 aromatic rings. The molecule has 3 nitrogen and oxygen atoms in total. The SMILES string of the molecule is CC(=O)c1ccc(C#N)c(Cl)c1C=O. The lowest BCUT2D eigenvalue weighted by atomic mass is 10.0. The minimum atomic E-state index is -0.251. The van der Waals surface area contributed by atoms with Crippen LogP contribution in [0, 0.1) is 11.3 Å². The summed E-state index contributed by atoms with van der Waals surface area (Å²) < 4.78 is 0. The van der Waals surface area contributed by atoms with E-state index in [4.69, 9.17) is 16.9 Å². The zero-order chi connectivity index (χ0) is 10.7. The summed E-state index contributed by atoms with van der Waals surface area (Å²) in [5, 5.41) is 8.67. The van der Waals surface area contributed by atoms with Gasteiger partial charge in [0.05, 0.1) is 10.6 Å². The van der Waals surface area contributed by atoms with E-state index in [1.165, 1.54) is 19.1 Å². The van der Waals surface area contributed by atoms with Gasteiger partial charge in [0.2, 0.25) is 0 Å². The van der Waals surface area contributed by atoms with Crippen LogP contribution in [0.2, 0.25) is 5.02 Å². The van der Waals surface area contributed by atoms with Crippen molar-refractivity contribution < 1.29 is 9.59 Å². The number of hydrogen-bond donors (Lipinski definition) is 0. The summed E-state index contributed by atoms with van der Waals surface area (Å²) >= 11 is 5.75. The molecule has 0 saturated carbocycles. The van der Waals surface area contributed by atoms with Gasteiger partial charge in [-0.3, -0.25) is 9.59 Å². The van der Waals surface area contributed by atoms with Gasteiger partial charge in [0, 0.05) is 11.1 Å². The average Bonchev–Trinajstić information content (AvgIpc) is 2.17. The van der Waals surface area contributed by atoms with E-state index >= 15 is 0 Å². The highest BCUT2D eigenvalue weighted by Gasteiger charge is 2.13. The van der Waals surface area contributed by atoms with E-state index in [9.17, 15) is 9.59 Å². The first-order chi connectivity index (χ1) is 6.61. The maximum atomic E-state index is 11.1. The van der Waals surface area contributed by atoms with Crippen LogP contribution >= 0.6 is 11.6 Å². The number of halogens is 1. The molecule has 0 aliphatic rings. The smallest absolute Gasteiger partial charge is 0.160 e. The van der Waals surface area contributed by atoms with E-state index in [-0.39, 0.29) is 27.5 Å². The van der Waals surface area contributed by atoms with Crippen molar-refractivity contribution in [1.29, 1.82) is 5.26 Å². The highest BCUT2D eigenvalue weighted by atomic mass is 35.5. The molecule has 0 aliphatic heterocycles. The Bertz CT molecular complexity index is 446. The lowest BCUT2D eigenvalue weighted by molar-refractivity contribution is 0.101. The molecule has 0 bridgehead atoms. The molecule has 14 heavy (non-hydrogen) atoms. The number of ketones is 1. The van der Waals surface area contributed by atoms with Crippen molar-refractivity contribution in [3.05, 3.63) is 33.8 Å². The standard InChI is InChI=1S/C10H6ClNO2/c1-6(14)8-3-2-7(4-12)10(11)9(8)5-13/h2-3,5H,1H3. The Labute approximate surface area is 85.9 Å². The zero-order valence-electron chi connectivity index (χ0n) is 7.37. The maximum absolute atomic E-state index is 11.1. The summed E-state index contributed by atoms with van der Waals surface area (Å²) in [5.41, 5.74) is 0.515. The number of rotatable bonds is 2. The van der Waals surface area contributed by atoms with Gasteiger partial charge in [0.15, 0.2) is 12.1 Å². The number of Topliss-reactive ketones (excluding diaryl/α,β-unsaturated/α-hetero) is 1. The van der Waals surface area contributed by atoms with Crippen LogP contribution < -0.4 is 0 Å². The highest BCUT2D eigenvalue weighted by Crippen LogP contribution is 2.23. The highest BCUT2D eigenvalue weighted by molar-refractivity contribution is 6.34. The molecular weight excluding hydrogens is 202 g/mol. The number of nitriles is 1. The van der Waals surface area contributed by atoms with Gasteiger partial charge in [-0.25, -0.2) is 0 Å². The molecule has 0 saturated heterocycles. The van der Waals surface area contributed by atoms with E-state index < -0.39 is 0 Å². The number of benzene rings is 1. The van der Waals surface area contributed by atoms with Crippen LogP contribution in [-0.4, -0.2) is 12.1 Å². The Morgan fingerprint density at radius 2 is 2.21 bits per heavy atom. The number of nitrogens with zero attached hydrogens (tertiary/aromatic N) is 1. The first-order valence-corrected chi connectivity index (χ1v) is 4.18. The monoisotopic (exact) mass is 207 g/mol. The summed E-state index contributed by atoms with van der Waals surface area (Å²) in [6.45, 7) is 1.34. The fraction of sp³-hybridized carbons (Fsp3) is 0.100. The molecule has 4 heteroatoms. The molecule has 0 unspecified atom stereocenters. The summed E-state index contributed by atoms with van der Waals surface area (Å²) in [6, 6.07) is 4.68. The second-order valence-electron chi connectivity index (χ2n) is 2.67. The Hall–Kier alpha value is -1.66. The molecule has 0 amide bonds. The topological polar surface area (TPSA) is 57.9 Å². The molecule has 0 aliphatic carbocycles. The zero-order valence-corrected chi connectivity index (χ0v) is 8.13. The third-order valence-corrected chi connectivity index (χ3v) is 2.20. The summed E-state index contributed by atoms with van der Waals surface area (Å²) in [4.78, 5) is 21.8. The minimum absolute atomic E-state index is 0.0372. The average molecular weight is 208 g/mol. The summed E-state index contributed by atoms with van der Waals surface area (Å²) in [7, 11) is 0. The van der Waals surface area contributed by atoms with Crippen LogP contribution in [0.3, 0.4) is 0 Å². The molecule has 1 rings (SSSR count). The van der Waals surface area contributed by atoms with Gasteiger partial charge in [-0.2, -0.15) is 5.26 Å². The van der Waals surface area contributed by atoms with Gasteiger partial charge in [-0.15, -0.1) is 0 Å². The Kier molecular flexibility index (Phi) is 3.00. The number of carbonyl (C=O) groups excluding carboxylic acids is 2. The molecule has 0 aromatic heterocycles. The minimum Gasteiger partial charge on any atom is -0.298 e. The van der Waals surface area contributed by atoms with Crippen molar-refractivity contribution in [3.63, 3.8) is 0 Å². The van der Waals surface area contributed by atoms with Crippen molar-refractivity contribution in [1.82, 2.24) is 0 Å². The van der Waals surface area contributed by atoms with Crippen LogP contribution in [0.15, 0.2) is 12.1 Å². The van der Waals surface area contributed by atoms with Gasteiger partial charge in [-0.05, 0) is 19.1 Å². The van der Waals surface area contributed by atoms with Gasteiger partial charge in [-0.1, -0.05) is 11.6 Å². The second-order valence-corrected chi connectivity index (χ2v) is 3.05. The number of aldehydes is 1. The molecular formula is C10H6ClNO2. The molecule has 0 N–H and O–H groups in total. The van der Waals surface area contributed by atoms with Crippen LogP contribution in [0.1, 0.15) is 33.2 Å². The third-order valence-electron chi connectivity index (χ3n) is 1.80. The van der Waals surface area contributed by atoms with Crippen molar-refractivity contribution in [2.75, 3.05) is 0 Å². The van der Waals surface area contributed by atoms with E-state index in [1.54, 1.807) is 0 Å². The fourth-order valence-corrected chi connectivity index (χ4v) is 1.35. The first kappa shape index (κ1) is 10.4. The lowest BCUT2D eigenvalue weighted by Gasteiger charge is -2.03. The molecule has 0 spiro atoms. The summed E-state index contributed by atoms with van der Waals surface area (Å²) in [5.74, 6) is -0.251. The Morgan fingerprint density at radius 1 is 1.57 bits per heavy atom. The maximum Gasteiger partial charge on any atom is 0.160 e. The van der Waals surface area contributed by atoms with Crippen LogP contribution in [-0.2, 0) is 0 Å². The van der Waals surface area contributed by atoms with Crippen molar-refractivity contribution >= 4 is 23.7 Å². The third kappa shape index (κ3) is 1.66. The van der Waals surface area contributed by atoms with E-state index in [1.807, 2.05) is 6.07 Å². The van der Waals surface area contributed by atoms with E-state index in [0.717, 1.165) is 0 Å². The van der Waals surface area contributed by atoms with Gasteiger partial charge >= 0.3 is 0 Å². The first-order valence-electron chi connectivity index (χ1n) is 3.80. The van der Waals surface area contributed by atoms with E-state index in [0.29, 0.717) is 6.29 Å². The van der Waals surface area contributed by atoms with Crippen LogP contribution in [0.5, 0.6) is 0 Å². The van der Waals surface area contributed by atoms with Gasteiger partial charge in [0.25, 0.3) is 0 Å². The molecule has 0 fully saturated rings. The van der Waals surface area contributed by atoms with Crippen LogP contribution in [0.4, 0.5) is 0 Å². The molecule has 1 aromatic carbocycles. The van der Waals surface area contributed by atoms with Gasteiger partial charge in [0.1, 0.15) is 6.07 Å². The Balaban J connectivity index is 3.53. The molecule has 70 valence electrons. The molecule has 0 radical (unpaired) electrons. The second kappa shape index (κ2) is 4.03. The number of hydrogen-bond acceptors (Lipinski definition) is 3. The number of carbonyl (C=O) groups is 2. The van der Waals surface area contributed by atoms with Crippen LogP contribution in [0.25, 0.3) is 0 Å². The fourth-order valence-electron chi connectivity index (χ4n) is 1.10. The van der Waals surface area contributed by atoms with Crippen molar-refractivity contribution in [2.45, 2.75) is 6.92 Å². The Morgan fingerprint density at radius 3 is 2.64 bits per heavy atom. The quantitative estimate of drug-likeness (QED) is 0.552. The normalized spacial score (nSPS) is 9.21. The molecule has 0 heterocycles. The van der Waals surface area contributed by atoms with Crippen molar-refractivity contribution in [2.24, 2.45) is 0 Å². The lowest BCUT2D eigenvalue weighted by Crippen LogP contribution is -2.00. The summed E-state index contributed by atoms with van der Waals surface area (Å²) in [6.07, 6.45) is 0.486. The van der Waals surface area contributed by atoms with Gasteiger partial charge < -0.3 is 0 Å². The van der Waals surface area contributed by atoms with E-state index in [2.05, 4.69) is 0 Å². The predicted octanol–water partition coefficient (Wildman–Crippen LogP) is 2.23. The predicted molar refractivity (Wildman–Crippen MR) is 51.6 cm³/mol. The molecule has 0 atom stereocenters. The largest absolute Gasteiger partial charge is 0.298 e.